The zero-order valence-electron chi connectivity index (χ0n) is 31.8. The van der Waals surface area contributed by atoms with E-state index in [-0.39, 0.29) is 11.8 Å². The van der Waals surface area contributed by atoms with Crippen LogP contribution in [0.15, 0.2) is 78.1 Å². The molecule has 8 rings (SSSR count). The van der Waals surface area contributed by atoms with Crippen LogP contribution in [0.25, 0.3) is 33.8 Å². The first kappa shape index (κ1) is 38.1. The minimum absolute atomic E-state index is 0.00448. The quantitative estimate of drug-likeness (QED) is 0.0856. The molecule has 2 amide bonds. The third-order valence-corrected chi connectivity index (χ3v) is 10.0. The number of carbonyl (C=O) groups is 2. The van der Waals surface area contributed by atoms with E-state index in [1.165, 1.54) is 0 Å². The van der Waals surface area contributed by atoms with Crippen molar-refractivity contribution in [3.8, 4) is 22.5 Å². The van der Waals surface area contributed by atoms with Gasteiger partial charge in [0.2, 0.25) is 0 Å². The highest BCUT2D eigenvalue weighted by molar-refractivity contribution is 7.98. The molecule has 0 bridgehead atoms. The van der Waals surface area contributed by atoms with E-state index in [1.54, 1.807) is 28.5 Å². The molecule has 286 valence electrons. The standard InChI is InChI=1S/C21H25N5OS.C20H22ClN5O/c1-13(2)11-22-17-10-19(28-3)25-26-18(12-23-20(17)26)14-4-6-15(7-5-14)21(27)24-16-8-9-16;1-12(2)10-22-16-9-18(21)25-26-17(11-23-19(16)26)13-3-5-14(6-4-13)20(27)24-15-7-8-15/h4-7,10,12-13,16,22H,8-9,11H2,1-3H3,(H,24,27);3-6,9,11-12,15,22H,7-8,10H2,1-2H3,(H,24,27). The predicted octanol–water partition coefficient (Wildman–Crippen LogP) is 8.09. The molecule has 2 aromatic carbocycles. The van der Waals surface area contributed by atoms with Crippen molar-refractivity contribution in [3.63, 3.8) is 0 Å². The first-order chi connectivity index (χ1) is 26.6. The molecule has 2 aliphatic carbocycles. The molecule has 0 radical (unpaired) electrons. The predicted molar refractivity (Wildman–Crippen MR) is 221 cm³/mol. The van der Waals surface area contributed by atoms with E-state index in [0.717, 1.165) is 89.0 Å². The van der Waals surface area contributed by atoms with Crippen molar-refractivity contribution in [2.45, 2.75) is 70.5 Å². The highest BCUT2D eigenvalue weighted by Crippen LogP contribution is 2.29. The van der Waals surface area contributed by atoms with Gasteiger partial charge in [-0.25, -0.2) is 19.0 Å². The Morgan fingerprint density at radius 2 is 1.15 bits per heavy atom. The van der Waals surface area contributed by atoms with E-state index < -0.39 is 0 Å². The Kier molecular flexibility index (Phi) is 11.6. The van der Waals surface area contributed by atoms with Gasteiger partial charge in [-0.2, -0.15) is 10.2 Å². The van der Waals surface area contributed by atoms with Gasteiger partial charge in [0.15, 0.2) is 16.4 Å². The van der Waals surface area contributed by atoms with Gasteiger partial charge in [-0.05, 0) is 74.1 Å². The van der Waals surface area contributed by atoms with Gasteiger partial charge >= 0.3 is 0 Å². The van der Waals surface area contributed by atoms with Crippen molar-refractivity contribution in [1.29, 1.82) is 0 Å². The van der Waals surface area contributed by atoms with Crippen molar-refractivity contribution in [1.82, 2.24) is 39.8 Å². The number of carbonyl (C=O) groups excluding carboxylic acids is 2. The molecule has 2 fully saturated rings. The van der Waals surface area contributed by atoms with E-state index in [4.69, 9.17) is 16.7 Å². The number of halogens is 1. The first-order valence-electron chi connectivity index (χ1n) is 18.8. The molecule has 12 nitrogen and oxygen atoms in total. The van der Waals surface area contributed by atoms with Crippen LogP contribution in [0.3, 0.4) is 0 Å². The second kappa shape index (κ2) is 16.7. The molecule has 55 heavy (non-hydrogen) atoms. The van der Waals surface area contributed by atoms with Gasteiger partial charge in [0.1, 0.15) is 5.03 Å². The van der Waals surface area contributed by atoms with Crippen LogP contribution in [0, 0.1) is 11.8 Å². The van der Waals surface area contributed by atoms with Gasteiger partial charge in [-0.1, -0.05) is 63.6 Å². The summed E-state index contributed by atoms with van der Waals surface area (Å²) in [6.07, 6.45) is 9.95. The molecule has 0 atom stereocenters. The maximum absolute atomic E-state index is 12.2. The second-order valence-electron chi connectivity index (χ2n) is 14.9. The van der Waals surface area contributed by atoms with Crippen molar-refractivity contribution < 1.29 is 9.59 Å². The number of thioether (sulfide) groups is 1. The van der Waals surface area contributed by atoms with Crippen LogP contribution in [0.2, 0.25) is 5.15 Å². The van der Waals surface area contributed by atoms with Gasteiger partial charge in [-0.15, -0.1) is 11.8 Å². The molecule has 14 heteroatoms. The van der Waals surface area contributed by atoms with Crippen molar-refractivity contribution >= 4 is 57.8 Å². The summed E-state index contributed by atoms with van der Waals surface area (Å²) < 4.78 is 3.62. The highest BCUT2D eigenvalue weighted by Gasteiger charge is 2.25. The van der Waals surface area contributed by atoms with E-state index in [2.05, 4.69) is 64.0 Å². The minimum Gasteiger partial charge on any atom is -0.382 e. The fraction of sp³-hybridized carbons (Fsp3) is 0.366. The molecule has 4 N–H and O–H groups in total. The van der Waals surface area contributed by atoms with Crippen LogP contribution in [0.4, 0.5) is 11.4 Å². The molecule has 4 heterocycles. The summed E-state index contributed by atoms with van der Waals surface area (Å²) in [5, 5.41) is 23.3. The summed E-state index contributed by atoms with van der Waals surface area (Å²) >= 11 is 7.83. The van der Waals surface area contributed by atoms with Gasteiger partial charge in [0.05, 0.1) is 35.2 Å². The molecule has 0 aliphatic heterocycles. The van der Waals surface area contributed by atoms with Crippen LogP contribution in [0.1, 0.15) is 74.1 Å². The number of rotatable bonds is 13. The number of hydrogen-bond acceptors (Lipinski definition) is 9. The Morgan fingerprint density at radius 3 is 1.56 bits per heavy atom. The van der Waals surface area contributed by atoms with Gasteiger partial charge in [0.25, 0.3) is 11.8 Å². The molecule has 2 saturated carbocycles. The van der Waals surface area contributed by atoms with Crippen LogP contribution in [0.5, 0.6) is 0 Å². The summed E-state index contributed by atoms with van der Waals surface area (Å²) in [6.45, 7) is 10.3. The monoisotopic (exact) mass is 778 g/mol. The van der Waals surface area contributed by atoms with Crippen LogP contribution in [-0.2, 0) is 0 Å². The smallest absolute Gasteiger partial charge is 0.251 e. The summed E-state index contributed by atoms with van der Waals surface area (Å²) in [4.78, 5) is 33.5. The Morgan fingerprint density at radius 1 is 0.709 bits per heavy atom. The fourth-order valence-corrected chi connectivity index (χ4v) is 6.43. The van der Waals surface area contributed by atoms with Crippen LogP contribution in [-0.4, -0.2) is 72.4 Å². The normalized spacial score (nSPS) is 13.9. The molecule has 0 spiro atoms. The number of imidazole rings is 2. The topological polar surface area (TPSA) is 143 Å². The van der Waals surface area contributed by atoms with E-state index in [0.29, 0.717) is 40.2 Å². The molecule has 4 aromatic heterocycles. The minimum atomic E-state index is -0.0245. The number of nitrogens with zero attached hydrogens (tertiary/aromatic N) is 6. The lowest BCUT2D eigenvalue weighted by Crippen LogP contribution is -2.25. The second-order valence-corrected chi connectivity index (χ2v) is 16.2. The van der Waals surface area contributed by atoms with E-state index >= 15 is 0 Å². The lowest BCUT2D eigenvalue weighted by atomic mass is 10.1. The van der Waals surface area contributed by atoms with E-state index in [9.17, 15) is 9.59 Å². The molecule has 6 aromatic rings. The number of anilines is 2. The summed E-state index contributed by atoms with van der Waals surface area (Å²) in [7, 11) is 0. The molecule has 0 unspecified atom stereocenters. The fourth-order valence-electron chi connectivity index (χ4n) is 5.84. The Balaban J connectivity index is 0.000000169. The number of fused-ring (bicyclic) bond motifs is 2. The third kappa shape index (κ3) is 9.40. The Bertz CT molecular complexity index is 2290. The number of benzene rings is 2. The lowest BCUT2D eigenvalue weighted by Gasteiger charge is -2.12. The number of aromatic nitrogens is 6. The molecular weight excluding hydrogens is 732 g/mol. The van der Waals surface area contributed by atoms with Crippen molar-refractivity contribution in [2.75, 3.05) is 30.0 Å². The van der Waals surface area contributed by atoms with Crippen LogP contribution >= 0.6 is 23.4 Å². The van der Waals surface area contributed by atoms with Crippen molar-refractivity contribution in [2.24, 2.45) is 11.8 Å². The number of hydrogen-bond donors (Lipinski definition) is 4. The average molecular weight is 779 g/mol. The van der Waals surface area contributed by atoms with Crippen LogP contribution < -0.4 is 21.3 Å². The SMILES string of the molecule is CC(C)CNc1cc(Cl)nn2c(-c3ccc(C(=O)NC4CC4)cc3)cnc12.CSc1cc(NCC(C)C)c2ncc(-c3ccc(C(=O)NC4CC4)cc3)n2n1. The zero-order chi connectivity index (χ0) is 38.6. The molecular formula is C41H47ClN10O2S. The number of nitrogens with one attached hydrogen (secondary N) is 4. The summed E-state index contributed by atoms with van der Waals surface area (Å²) in [6, 6.07) is 19.7. The van der Waals surface area contributed by atoms with E-state index in [1.807, 2.05) is 71.6 Å². The molecule has 0 saturated heterocycles. The maximum Gasteiger partial charge on any atom is 0.251 e. The Labute approximate surface area is 330 Å². The Hall–Kier alpha value is -5.14. The summed E-state index contributed by atoms with van der Waals surface area (Å²) in [5.41, 5.74) is 8.36. The van der Waals surface area contributed by atoms with Gasteiger partial charge in [0, 0.05) is 53.5 Å². The number of amides is 2. The average Bonchev–Trinajstić information content (AvgIpc) is 4.10. The lowest BCUT2D eigenvalue weighted by molar-refractivity contribution is 0.0942. The molecule has 2 aliphatic rings. The third-order valence-electron chi connectivity index (χ3n) is 9.20. The highest BCUT2D eigenvalue weighted by atomic mass is 35.5. The maximum atomic E-state index is 12.2. The largest absolute Gasteiger partial charge is 0.382 e. The zero-order valence-corrected chi connectivity index (χ0v) is 33.3. The summed E-state index contributed by atoms with van der Waals surface area (Å²) in [5.74, 6) is 1.01. The van der Waals surface area contributed by atoms with Gasteiger partial charge in [-0.3, -0.25) is 9.59 Å². The van der Waals surface area contributed by atoms with Crippen molar-refractivity contribution in [3.05, 3.63) is 89.3 Å². The van der Waals surface area contributed by atoms with Gasteiger partial charge < -0.3 is 21.3 Å². The first-order valence-corrected chi connectivity index (χ1v) is 20.4.